The number of hydrogen-bond acceptors (Lipinski definition) is 3. The lowest BCUT2D eigenvalue weighted by molar-refractivity contribution is 0.0978. The molecule has 0 aliphatic rings. The average molecular weight is 207 g/mol. The van der Waals surface area contributed by atoms with Crippen molar-refractivity contribution in [1.82, 2.24) is 9.55 Å². The normalized spacial score (nSPS) is 10.3. The predicted octanol–water partition coefficient (Wildman–Crippen LogP) is 1.38. The molecular formula is C11H17N3O. The Morgan fingerprint density at radius 3 is 2.93 bits per heavy atom. The second kappa shape index (κ2) is 5.46. The first kappa shape index (κ1) is 11.7. The molecule has 15 heavy (non-hydrogen) atoms. The first-order chi connectivity index (χ1) is 7.13. The Kier molecular flexibility index (Phi) is 4.24. The van der Waals surface area contributed by atoms with Crippen LogP contribution in [0.5, 0.6) is 0 Å². The number of allylic oxidation sites excluding steroid dienone is 1. The maximum Gasteiger partial charge on any atom is 0.183 e. The van der Waals surface area contributed by atoms with Gasteiger partial charge >= 0.3 is 0 Å². The zero-order valence-electron chi connectivity index (χ0n) is 9.07. The zero-order chi connectivity index (χ0) is 11.3. The van der Waals surface area contributed by atoms with Crippen LogP contribution in [0.15, 0.2) is 24.7 Å². The number of nitrogens with zero attached hydrogens (tertiary/aromatic N) is 2. The highest BCUT2D eigenvalue weighted by Crippen LogP contribution is 2.07. The first-order valence-corrected chi connectivity index (χ1v) is 5.03. The maximum atomic E-state index is 11.6. The molecule has 0 atom stereocenters. The summed E-state index contributed by atoms with van der Waals surface area (Å²) < 4.78 is 1.83. The van der Waals surface area contributed by atoms with Crippen molar-refractivity contribution in [2.24, 2.45) is 5.73 Å². The predicted molar refractivity (Wildman–Crippen MR) is 59.7 cm³/mol. The summed E-state index contributed by atoms with van der Waals surface area (Å²) in [5.41, 5.74) is 6.94. The molecule has 4 heteroatoms. The Labute approximate surface area is 89.8 Å². The summed E-state index contributed by atoms with van der Waals surface area (Å²) in [6.07, 6.45) is 4.59. The van der Waals surface area contributed by atoms with Crippen molar-refractivity contribution >= 4 is 5.78 Å². The van der Waals surface area contributed by atoms with Crippen molar-refractivity contribution in [1.29, 1.82) is 0 Å². The Hall–Kier alpha value is -1.42. The molecule has 1 aromatic rings. The zero-order valence-corrected chi connectivity index (χ0v) is 9.07. The van der Waals surface area contributed by atoms with E-state index in [0.717, 1.165) is 12.0 Å². The molecule has 1 rings (SSSR count). The summed E-state index contributed by atoms with van der Waals surface area (Å²) >= 11 is 0. The fraction of sp³-hybridized carbons (Fsp3) is 0.455. The molecule has 0 aliphatic heterocycles. The minimum atomic E-state index is 0.0637. The third kappa shape index (κ3) is 3.67. The quantitative estimate of drug-likeness (QED) is 0.566. The monoisotopic (exact) mass is 207 g/mol. The minimum absolute atomic E-state index is 0.0637. The van der Waals surface area contributed by atoms with Gasteiger partial charge < -0.3 is 10.3 Å². The molecule has 0 fully saturated rings. The summed E-state index contributed by atoms with van der Waals surface area (Å²) in [4.78, 5) is 15.7. The van der Waals surface area contributed by atoms with Crippen LogP contribution in [0.4, 0.5) is 0 Å². The largest absolute Gasteiger partial charge is 0.335 e. The van der Waals surface area contributed by atoms with Gasteiger partial charge in [0.1, 0.15) is 5.69 Å². The van der Waals surface area contributed by atoms with Gasteiger partial charge in [-0.05, 0) is 13.3 Å². The van der Waals surface area contributed by atoms with Gasteiger partial charge in [0.15, 0.2) is 5.78 Å². The molecule has 0 unspecified atom stereocenters. The van der Waals surface area contributed by atoms with E-state index in [4.69, 9.17) is 5.73 Å². The lowest BCUT2D eigenvalue weighted by Crippen LogP contribution is -2.08. The van der Waals surface area contributed by atoms with Gasteiger partial charge in [-0.3, -0.25) is 4.79 Å². The Bertz CT molecular complexity index is 354. The molecule has 0 aliphatic carbocycles. The van der Waals surface area contributed by atoms with Crippen LogP contribution in [0.3, 0.4) is 0 Å². The lowest BCUT2D eigenvalue weighted by Gasteiger charge is -1.97. The summed E-state index contributed by atoms with van der Waals surface area (Å²) in [7, 11) is 0. The maximum absolute atomic E-state index is 11.6. The Morgan fingerprint density at radius 1 is 1.60 bits per heavy atom. The highest BCUT2D eigenvalue weighted by Gasteiger charge is 2.08. The number of imidazole rings is 1. The molecular weight excluding hydrogens is 190 g/mol. The number of hydrogen-bond donors (Lipinski definition) is 1. The van der Waals surface area contributed by atoms with E-state index in [1.54, 1.807) is 12.5 Å². The minimum Gasteiger partial charge on any atom is -0.335 e. The molecule has 1 aromatic heterocycles. The van der Waals surface area contributed by atoms with Crippen LogP contribution in [-0.2, 0) is 6.54 Å². The molecule has 0 aromatic carbocycles. The van der Waals surface area contributed by atoms with Crippen molar-refractivity contribution < 1.29 is 4.79 Å². The molecule has 0 radical (unpaired) electrons. The molecule has 0 saturated carbocycles. The van der Waals surface area contributed by atoms with Gasteiger partial charge in [0, 0.05) is 25.7 Å². The number of nitrogens with two attached hydrogens (primary N) is 1. The fourth-order valence-electron chi connectivity index (χ4n) is 1.23. The van der Waals surface area contributed by atoms with E-state index in [2.05, 4.69) is 11.6 Å². The van der Waals surface area contributed by atoms with Gasteiger partial charge in [0.2, 0.25) is 0 Å². The number of Topliss-reactive ketones (excluding diaryl/α,β-unsaturated/α-hetero) is 1. The topological polar surface area (TPSA) is 60.9 Å². The molecule has 82 valence electrons. The first-order valence-electron chi connectivity index (χ1n) is 5.03. The van der Waals surface area contributed by atoms with Crippen molar-refractivity contribution in [3.8, 4) is 0 Å². The SMILES string of the molecule is C=C(C)CCC(=O)c1cn(CCN)cn1. The van der Waals surface area contributed by atoms with Crippen molar-refractivity contribution in [3.63, 3.8) is 0 Å². The number of rotatable bonds is 6. The highest BCUT2D eigenvalue weighted by molar-refractivity contribution is 5.94. The summed E-state index contributed by atoms with van der Waals surface area (Å²) in [5.74, 6) is 0.0637. The molecule has 2 N–H and O–H groups in total. The van der Waals surface area contributed by atoms with Crippen LogP contribution < -0.4 is 5.73 Å². The van der Waals surface area contributed by atoms with Crippen molar-refractivity contribution in [2.75, 3.05) is 6.54 Å². The van der Waals surface area contributed by atoms with Crippen LogP contribution >= 0.6 is 0 Å². The lowest BCUT2D eigenvalue weighted by atomic mass is 10.1. The van der Waals surface area contributed by atoms with E-state index < -0.39 is 0 Å². The molecule has 0 spiro atoms. The number of aromatic nitrogens is 2. The summed E-state index contributed by atoms with van der Waals surface area (Å²) in [5, 5.41) is 0. The molecule has 4 nitrogen and oxygen atoms in total. The number of carbonyl (C=O) groups excluding carboxylic acids is 1. The molecule has 0 amide bonds. The molecule has 0 saturated heterocycles. The second-order valence-corrected chi connectivity index (χ2v) is 3.67. The van der Waals surface area contributed by atoms with E-state index in [-0.39, 0.29) is 5.78 Å². The van der Waals surface area contributed by atoms with Gasteiger partial charge in [-0.15, -0.1) is 6.58 Å². The Balaban J connectivity index is 2.54. The van der Waals surface area contributed by atoms with Crippen LogP contribution in [0.1, 0.15) is 30.3 Å². The smallest absolute Gasteiger partial charge is 0.183 e. The Morgan fingerprint density at radius 2 is 2.33 bits per heavy atom. The highest BCUT2D eigenvalue weighted by atomic mass is 16.1. The van der Waals surface area contributed by atoms with Gasteiger partial charge in [0.25, 0.3) is 0 Å². The van der Waals surface area contributed by atoms with E-state index in [1.165, 1.54) is 0 Å². The molecule has 0 bridgehead atoms. The van der Waals surface area contributed by atoms with Gasteiger partial charge in [-0.1, -0.05) is 5.57 Å². The van der Waals surface area contributed by atoms with E-state index in [9.17, 15) is 4.79 Å². The summed E-state index contributed by atoms with van der Waals surface area (Å²) in [6.45, 7) is 6.92. The van der Waals surface area contributed by atoms with E-state index in [1.807, 2.05) is 11.5 Å². The summed E-state index contributed by atoms with van der Waals surface area (Å²) in [6, 6.07) is 0. The number of ketones is 1. The van der Waals surface area contributed by atoms with E-state index >= 15 is 0 Å². The van der Waals surface area contributed by atoms with Crippen LogP contribution in [0.2, 0.25) is 0 Å². The van der Waals surface area contributed by atoms with Gasteiger partial charge in [-0.2, -0.15) is 0 Å². The van der Waals surface area contributed by atoms with Crippen LogP contribution in [-0.4, -0.2) is 21.9 Å². The third-order valence-corrected chi connectivity index (χ3v) is 2.09. The molecule has 1 heterocycles. The average Bonchev–Trinajstić information content (AvgIpc) is 2.63. The standard InChI is InChI=1S/C11H17N3O/c1-9(2)3-4-11(15)10-7-14(6-5-12)8-13-10/h7-8H,1,3-6,12H2,2H3. The van der Waals surface area contributed by atoms with Crippen molar-refractivity contribution in [3.05, 3.63) is 30.4 Å². The third-order valence-electron chi connectivity index (χ3n) is 2.09. The van der Waals surface area contributed by atoms with Gasteiger partial charge in [-0.25, -0.2) is 4.98 Å². The second-order valence-electron chi connectivity index (χ2n) is 3.67. The number of carbonyl (C=O) groups is 1. The van der Waals surface area contributed by atoms with Crippen LogP contribution in [0.25, 0.3) is 0 Å². The van der Waals surface area contributed by atoms with Crippen LogP contribution in [0, 0.1) is 0 Å². The van der Waals surface area contributed by atoms with Gasteiger partial charge in [0.05, 0.1) is 6.33 Å². The fourth-order valence-corrected chi connectivity index (χ4v) is 1.23. The van der Waals surface area contributed by atoms with E-state index in [0.29, 0.717) is 25.2 Å². The van der Waals surface area contributed by atoms with Crippen molar-refractivity contribution in [2.45, 2.75) is 26.3 Å².